The molecule has 14 heavy (non-hydrogen) atoms. The average Bonchev–Trinajstić information content (AvgIpc) is 2.07. The van der Waals surface area contributed by atoms with Crippen LogP contribution in [0.4, 0.5) is 8.78 Å². The Balaban J connectivity index is 2.90. The van der Waals surface area contributed by atoms with E-state index in [-0.39, 0.29) is 16.8 Å². The summed E-state index contributed by atoms with van der Waals surface area (Å²) in [6.45, 7) is -1.09. The van der Waals surface area contributed by atoms with Crippen LogP contribution in [0.25, 0.3) is 0 Å². The van der Waals surface area contributed by atoms with Crippen molar-refractivity contribution in [1.82, 2.24) is 0 Å². The Hall–Kier alpha value is -0.870. The molecule has 1 aromatic carbocycles. The molecule has 0 bridgehead atoms. The molecule has 1 atom stereocenters. The SMILES string of the molecule is C[C@@H](N)c1ccc(OC(F)F)c(Cl)c1. The van der Waals surface area contributed by atoms with Crippen molar-refractivity contribution in [2.24, 2.45) is 5.73 Å². The highest BCUT2D eigenvalue weighted by Crippen LogP contribution is 2.28. The third-order valence-electron chi connectivity index (χ3n) is 1.70. The predicted molar refractivity (Wildman–Crippen MR) is 50.7 cm³/mol. The molecule has 78 valence electrons. The summed E-state index contributed by atoms with van der Waals surface area (Å²) in [5.74, 6) is -0.0360. The van der Waals surface area contributed by atoms with Crippen LogP contribution >= 0.6 is 11.6 Å². The third-order valence-corrected chi connectivity index (χ3v) is 1.99. The Morgan fingerprint density at radius 3 is 2.50 bits per heavy atom. The summed E-state index contributed by atoms with van der Waals surface area (Å²) in [5.41, 5.74) is 6.36. The summed E-state index contributed by atoms with van der Waals surface area (Å²) in [6, 6.07) is 4.32. The van der Waals surface area contributed by atoms with Gasteiger partial charge in [-0.1, -0.05) is 17.7 Å². The average molecular weight is 222 g/mol. The first kappa shape index (κ1) is 11.2. The standard InChI is InChI=1S/C9H10ClF2NO/c1-5(13)6-2-3-8(7(10)4-6)14-9(11)12/h2-5,9H,13H2,1H3/t5-/m1/s1. The summed E-state index contributed by atoms with van der Waals surface area (Å²) in [4.78, 5) is 0. The number of hydrogen-bond donors (Lipinski definition) is 1. The molecule has 1 rings (SSSR count). The second-order valence-electron chi connectivity index (χ2n) is 2.86. The zero-order valence-corrected chi connectivity index (χ0v) is 8.26. The van der Waals surface area contributed by atoms with E-state index in [1.165, 1.54) is 12.1 Å². The molecule has 0 heterocycles. The summed E-state index contributed by atoms with van der Waals surface area (Å²) >= 11 is 5.70. The summed E-state index contributed by atoms with van der Waals surface area (Å²) < 4.78 is 27.9. The minimum absolute atomic E-state index is 0.0360. The molecule has 5 heteroatoms. The molecule has 0 fully saturated rings. The predicted octanol–water partition coefficient (Wildman–Crippen LogP) is 2.96. The molecule has 0 aromatic heterocycles. The van der Waals surface area contributed by atoms with Crippen LogP contribution in [0.15, 0.2) is 18.2 Å². The van der Waals surface area contributed by atoms with E-state index in [1.54, 1.807) is 13.0 Å². The molecular formula is C9H10ClF2NO. The number of nitrogens with two attached hydrogens (primary N) is 1. The van der Waals surface area contributed by atoms with Gasteiger partial charge >= 0.3 is 6.61 Å². The van der Waals surface area contributed by atoms with Gasteiger partial charge in [-0.3, -0.25) is 0 Å². The molecule has 0 aliphatic rings. The van der Waals surface area contributed by atoms with E-state index in [0.29, 0.717) is 0 Å². The van der Waals surface area contributed by atoms with Gasteiger partial charge in [-0.05, 0) is 24.6 Å². The van der Waals surface area contributed by atoms with Crippen molar-refractivity contribution in [3.05, 3.63) is 28.8 Å². The van der Waals surface area contributed by atoms with Crippen LogP contribution < -0.4 is 10.5 Å². The highest BCUT2D eigenvalue weighted by atomic mass is 35.5. The second-order valence-corrected chi connectivity index (χ2v) is 3.26. The quantitative estimate of drug-likeness (QED) is 0.852. The zero-order valence-electron chi connectivity index (χ0n) is 7.51. The van der Waals surface area contributed by atoms with Crippen LogP contribution in [0.3, 0.4) is 0 Å². The summed E-state index contributed by atoms with van der Waals surface area (Å²) in [6.07, 6.45) is 0. The van der Waals surface area contributed by atoms with Gasteiger partial charge in [0.15, 0.2) is 0 Å². The monoisotopic (exact) mass is 221 g/mol. The minimum Gasteiger partial charge on any atom is -0.433 e. The Kier molecular flexibility index (Phi) is 3.66. The highest BCUT2D eigenvalue weighted by molar-refractivity contribution is 6.32. The van der Waals surface area contributed by atoms with Crippen LogP contribution in [0.5, 0.6) is 5.75 Å². The van der Waals surface area contributed by atoms with Crippen LogP contribution in [0.1, 0.15) is 18.5 Å². The van der Waals surface area contributed by atoms with Crippen molar-refractivity contribution in [2.75, 3.05) is 0 Å². The van der Waals surface area contributed by atoms with E-state index in [4.69, 9.17) is 17.3 Å². The molecular weight excluding hydrogens is 212 g/mol. The number of ether oxygens (including phenoxy) is 1. The number of rotatable bonds is 3. The van der Waals surface area contributed by atoms with Gasteiger partial charge in [-0.2, -0.15) is 8.78 Å². The molecule has 0 aliphatic heterocycles. The van der Waals surface area contributed by atoms with E-state index < -0.39 is 6.61 Å². The largest absolute Gasteiger partial charge is 0.433 e. The van der Waals surface area contributed by atoms with Crippen molar-refractivity contribution in [2.45, 2.75) is 19.6 Å². The maximum Gasteiger partial charge on any atom is 0.387 e. The molecule has 1 aromatic rings. The number of halogens is 3. The topological polar surface area (TPSA) is 35.2 Å². The number of alkyl halides is 2. The normalized spacial score (nSPS) is 13.0. The van der Waals surface area contributed by atoms with Gasteiger partial charge in [-0.15, -0.1) is 0 Å². The molecule has 0 amide bonds. The van der Waals surface area contributed by atoms with Crippen LogP contribution in [-0.4, -0.2) is 6.61 Å². The van der Waals surface area contributed by atoms with Gasteiger partial charge in [-0.25, -0.2) is 0 Å². The van der Waals surface area contributed by atoms with Crippen molar-refractivity contribution in [3.63, 3.8) is 0 Å². The molecule has 0 aliphatic carbocycles. The van der Waals surface area contributed by atoms with Crippen molar-refractivity contribution >= 4 is 11.6 Å². The first-order valence-corrected chi connectivity index (χ1v) is 4.38. The van der Waals surface area contributed by atoms with Gasteiger partial charge in [0, 0.05) is 6.04 Å². The maximum atomic E-state index is 11.9. The van der Waals surface area contributed by atoms with Gasteiger partial charge in [0.2, 0.25) is 0 Å². The molecule has 0 unspecified atom stereocenters. The van der Waals surface area contributed by atoms with Gasteiger partial charge in [0.1, 0.15) is 5.75 Å². The lowest BCUT2D eigenvalue weighted by molar-refractivity contribution is -0.0497. The molecule has 0 spiro atoms. The smallest absolute Gasteiger partial charge is 0.387 e. The van der Waals surface area contributed by atoms with Crippen molar-refractivity contribution in [1.29, 1.82) is 0 Å². The van der Waals surface area contributed by atoms with E-state index in [9.17, 15) is 8.78 Å². The summed E-state index contributed by atoms with van der Waals surface area (Å²) in [7, 11) is 0. The number of hydrogen-bond acceptors (Lipinski definition) is 2. The fraction of sp³-hybridized carbons (Fsp3) is 0.333. The van der Waals surface area contributed by atoms with Crippen molar-refractivity contribution in [3.8, 4) is 5.75 Å². The Bertz CT molecular complexity index is 318. The molecule has 0 radical (unpaired) electrons. The molecule has 0 saturated heterocycles. The van der Waals surface area contributed by atoms with Gasteiger partial charge in [0.25, 0.3) is 0 Å². The van der Waals surface area contributed by atoms with Crippen LogP contribution in [0, 0.1) is 0 Å². The van der Waals surface area contributed by atoms with E-state index >= 15 is 0 Å². The summed E-state index contributed by atoms with van der Waals surface area (Å²) in [5, 5.41) is 0.139. The lowest BCUT2D eigenvalue weighted by atomic mass is 10.1. The minimum atomic E-state index is -2.87. The lowest BCUT2D eigenvalue weighted by Gasteiger charge is -2.10. The Labute approximate surface area is 85.6 Å². The molecule has 2 nitrogen and oxygen atoms in total. The van der Waals surface area contributed by atoms with Gasteiger partial charge < -0.3 is 10.5 Å². The van der Waals surface area contributed by atoms with Crippen molar-refractivity contribution < 1.29 is 13.5 Å². The Morgan fingerprint density at radius 1 is 1.43 bits per heavy atom. The second kappa shape index (κ2) is 4.57. The van der Waals surface area contributed by atoms with E-state index in [0.717, 1.165) is 5.56 Å². The van der Waals surface area contributed by atoms with Crippen LogP contribution in [0.2, 0.25) is 5.02 Å². The first-order chi connectivity index (χ1) is 6.50. The van der Waals surface area contributed by atoms with Crippen LogP contribution in [-0.2, 0) is 0 Å². The maximum absolute atomic E-state index is 11.9. The Morgan fingerprint density at radius 2 is 2.07 bits per heavy atom. The molecule has 2 N–H and O–H groups in total. The van der Waals surface area contributed by atoms with Gasteiger partial charge in [0.05, 0.1) is 5.02 Å². The molecule has 0 saturated carbocycles. The fourth-order valence-corrected chi connectivity index (χ4v) is 1.23. The van der Waals surface area contributed by atoms with E-state index in [1.807, 2.05) is 0 Å². The highest BCUT2D eigenvalue weighted by Gasteiger charge is 2.09. The fourth-order valence-electron chi connectivity index (χ4n) is 0.992. The third kappa shape index (κ3) is 2.82. The number of benzene rings is 1. The lowest BCUT2D eigenvalue weighted by Crippen LogP contribution is -2.06. The first-order valence-electron chi connectivity index (χ1n) is 4.00. The van der Waals surface area contributed by atoms with E-state index in [2.05, 4.69) is 4.74 Å². The zero-order chi connectivity index (χ0) is 10.7.